The zero-order valence-corrected chi connectivity index (χ0v) is 6.47. The van der Waals surface area contributed by atoms with Crippen LogP contribution in [0, 0.1) is 23.2 Å². The molecular formula is C7H8F2N2O. The van der Waals surface area contributed by atoms with E-state index in [2.05, 4.69) is 5.32 Å². The van der Waals surface area contributed by atoms with Gasteiger partial charge in [0.05, 0.1) is 6.07 Å². The lowest BCUT2D eigenvalue weighted by molar-refractivity contribution is -0.124. The fourth-order valence-corrected chi connectivity index (χ4v) is 1.12. The van der Waals surface area contributed by atoms with Gasteiger partial charge in [0.15, 0.2) is 0 Å². The second-order valence-electron chi connectivity index (χ2n) is 2.82. The lowest BCUT2D eigenvalue weighted by Crippen LogP contribution is -2.27. The van der Waals surface area contributed by atoms with E-state index in [1.165, 1.54) is 6.92 Å². The third-order valence-corrected chi connectivity index (χ3v) is 2.04. The predicted molar refractivity (Wildman–Crippen MR) is 36.2 cm³/mol. The number of nitrogens with one attached hydrogen (secondary N) is 1. The smallest absolute Gasteiger partial charge is 0.263 e. The van der Waals surface area contributed by atoms with Gasteiger partial charge in [-0.3, -0.25) is 4.79 Å². The van der Waals surface area contributed by atoms with Crippen LogP contribution in [-0.2, 0) is 4.79 Å². The molecule has 0 bridgehead atoms. The van der Waals surface area contributed by atoms with Crippen molar-refractivity contribution < 1.29 is 13.6 Å². The normalized spacial score (nSPS) is 30.5. The van der Waals surface area contributed by atoms with E-state index in [1.807, 2.05) is 0 Å². The van der Waals surface area contributed by atoms with E-state index in [0.717, 1.165) is 0 Å². The summed E-state index contributed by atoms with van der Waals surface area (Å²) in [5.41, 5.74) is 0. The number of carbonyl (C=O) groups is 1. The minimum Gasteiger partial charge on any atom is -0.343 e. The highest BCUT2D eigenvalue weighted by Gasteiger charge is 2.69. The zero-order chi connectivity index (χ0) is 9.35. The molecule has 5 heteroatoms. The molecule has 1 aliphatic rings. The van der Waals surface area contributed by atoms with E-state index in [1.54, 1.807) is 6.07 Å². The van der Waals surface area contributed by atoms with Crippen LogP contribution in [0.25, 0.3) is 0 Å². The number of nitrogens with zero attached hydrogens (tertiary/aromatic N) is 1. The van der Waals surface area contributed by atoms with Crippen molar-refractivity contribution in [1.82, 2.24) is 5.32 Å². The summed E-state index contributed by atoms with van der Waals surface area (Å²) in [4.78, 5) is 10.8. The average Bonchev–Trinajstić information content (AvgIpc) is 2.47. The summed E-state index contributed by atoms with van der Waals surface area (Å²) in [5.74, 6) is -5.73. The fraction of sp³-hybridized carbons (Fsp3) is 0.714. The summed E-state index contributed by atoms with van der Waals surface area (Å²) in [7, 11) is 0. The van der Waals surface area contributed by atoms with Crippen molar-refractivity contribution in [1.29, 1.82) is 5.26 Å². The van der Waals surface area contributed by atoms with E-state index < -0.39 is 23.7 Å². The van der Waals surface area contributed by atoms with Gasteiger partial charge in [0.25, 0.3) is 5.92 Å². The first kappa shape index (κ1) is 8.91. The minimum absolute atomic E-state index is 0.210. The first-order valence-corrected chi connectivity index (χ1v) is 3.54. The fourth-order valence-electron chi connectivity index (χ4n) is 1.12. The molecule has 2 atom stereocenters. The molecule has 3 nitrogen and oxygen atoms in total. The Hall–Kier alpha value is -1.18. The molecule has 1 fully saturated rings. The van der Waals surface area contributed by atoms with Crippen molar-refractivity contribution >= 4 is 5.91 Å². The summed E-state index contributed by atoms with van der Waals surface area (Å²) in [6.07, 6.45) is 0. The molecule has 0 saturated heterocycles. The summed E-state index contributed by atoms with van der Waals surface area (Å²) in [6, 6.07) is 1.65. The van der Waals surface area contributed by atoms with Crippen molar-refractivity contribution in [2.45, 2.75) is 12.8 Å². The lowest BCUT2D eigenvalue weighted by atomic mass is 10.3. The van der Waals surface area contributed by atoms with E-state index >= 15 is 0 Å². The predicted octanol–water partition coefficient (Wildman–Crippen LogP) is 0.527. The molecule has 1 N–H and O–H groups in total. The third kappa shape index (κ3) is 1.24. The Morgan fingerprint density at radius 3 is 2.58 bits per heavy atom. The number of nitriles is 1. The van der Waals surface area contributed by atoms with Crippen molar-refractivity contribution in [2.24, 2.45) is 11.8 Å². The number of halogens is 2. The first-order valence-electron chi connectivity index (χ1n) is 3.54. The molecular weight excluding hydrogens is 166 g/mol. The lowest BCUT2D eigenvalue weighted by Gasteiger charge is -1.96. The van der Waals surface area contributed by atoms with Crippen LogP contribution in [0.5, 0.6) is 0 Å². The van der Waals surface area contributed by atoms with Crippen LogP contribution in [-0.4, -0.2) is 18.4 Å². The Bertz CT molecular complexity index is 246. The van der Waals surface area contributed by atoms with Gasteiger partial charge in [-0.05, 0) is 0 Å². The van der Waals surface area contributed by atoms with Crippen LogP contribution in [0.1, 0.15) is 6.92 Å². The second kappa shape index (κ2) is 2.70. The Morgan fingerprint density at radius 1 is 1.75 bits per heavy atom. The van der Waals surface area contributed by atoms with Crippen LogP contribution in [0.2, 0.25) is 0 Å². The molecule has 0 aromatic carbocycles. The van der Waals surface area contributed by atoms with Crippen LogP contribution in [0.3, 0.4) is 0 Å². The molecule has 2 unspecified atom stereocenters. The molecule has 1 rings (SSSR count). The highest BCUT2D eigenvalue weighted by molar-refractivity contribution is 5.83. The summed E-state index contributed by atoms with van der Waals surface area (Å²) >= 11 is 0. The van der Waals surface area contributed by atoms with Gasteiger partial charge in [0.1, 0.15) is 12.5 Å². The highest BCUT2D eigenvalue weighted by atomic mass is 19.3. The van der Waals surface area contributed by atoms with Gasteiger partial charge in [-0.1, -0.05) is 6.92 Å². The molecule has 0 aromatic rings. The summed E-state index contributed by atoms with van der Waals surface area (Å²) in [5, 5.41) is 10.2. The van der Waals surface area contributed by atoms with Crippen LogP contribution < -0.4 is 5.32 Å². The maximum absolute atomic E-state index is 12.5. The maximum Gasteiger partial charge on any atom is 0.263 e. The Labute approximate surface area is 68.4 Å². The van der Waals surface area contributed by atoms with E-state index in [9.17, 15) is 13.6 Å². The highest BCUT2D eigenvalue weighted by Crippen LogP contribution is 2.54. The number of alkyl halides is 2. The topological polar surface area (TPSA) is 52.9 Å². The maximum atomic E-state index is 12.5. The van der Waals surface area contributed by atoms with Gasteiger partial charge in [0.2, 0.25) is 5.91 Å². The molecule has 12 heavy (non-hydrogen) atoms. The molecule has 0 spiro atoms. The quantitative estimate of drug-likeness (QED) is 0.621. The number of carbonyl (C=O) groups excluding carboxylic acids is 1. The van der Waals surface area contributed by atoms with Gasteiger partial charge in [0, 0.05) is 5.92 Å². The molecule has 1 saturated carbocycles. The summed E-state index contributed by atoms with van der Waals surface area (Å²) < 4.78 is 25.0. The van der Waals surface area contributed by atoms with Crippen LogP contribution >= 0.6 is 0 Å². The molecule has 0 radical (unpaired) electrons. The minimum atomic E-state index is -2.88. The van der Waals surface area contributed by atoms with Crippen molar-refractivity contribution in [2.75, 3.05) is 6.54 Å². The van der Waals surface area contributed by atoms with Gasteiger partial charge < -0.3 is 5.32 Å². The van der Waals surface area contributed by atoms with Gasteiger partial charge in [-0.25, -0.2) is 8.78 Å². The number of rotatable bonds is 2. The molecule has 0 aliphatic heterocycles. The van der Waals surface area contributed by atoms with Gasteiger partial charge >= 0.3 is 0 Å². The third-order valence-electron chi connectivity index (χ3n) is 2.04. The standard InChI is InChI=1S/C7H8F2N2O/c1-4-5(7(4,8)9)6(12)11-3-2-10/h4-5H,3H2,1H3,(H,11,12). The van der Waals surface area contributed by atoms with Gasteiger partial charge in [-0.2, -0.15) is 5.26 Å². The average molecular weight is 174 g/mol. The van der Waals surface area contributed by atoms with E-state index in [4.69, 9.17) is 5.26 Å². The monoisotopic (exact) mass is 174 g/mol. The van der Waals surface area contributed by atoms with Crippen molar-refractivity contribution in [3.8, 4) is 6.07 Å². The van der Waals surface area contributed by atoms with E-state index in [-0.39, 0.29) is 6.54 Å². The molecule has 0 aromatic heterocycles. The zero-order valence-electron chi connectivity index (χ0n) is 6.47. The number of hydrogen-bond donors (Lipinski definition) is 1. The molecule has 0 heterocycles. The SMILES string of the molecule is CC1C(C(=O)NCC#N)C1(F)F. The Kier molecular flexibility index (Phi) is 2.01. The number of hydrogen-bond acceptors (Lipinski definition) is 2. The Morgan fingerprint density at radius 2 is 2.25 bits per heavy atom. The van der Waals surface area contributed by atoms with Gasteiger partial charge in [-0.15, -0.1) is 0 Å². The first-order chi connectivity index (χ1) is 5.51. The second-order valence-corrected chi connectivity index (χ2v) is 2.82. The van der Waals surface area contributed by atoms with E-state index in [0.29, 0.717) is 0 Å². The van der Waals surface area contributed by atoms with Crippen LogP contribution in [0.15, 0.2) is 0 Å². The number of amides is 1. The molecule has 1 amide bonds. The Balaban J connectivity index is 2.43. The summed E-state index contributed by atoms with van der Waals surface area (Å²) in [6.45, 7) is 1.11. The van der Waals surface area contributed by atoms with Crippen molar-refractivity contribution in [3.05, 3.63) is 0 Å². The largest absolute Gasteiger partial charge is 0.343 e. The molecule has 1 aliphatic carbocycles. The van der Waals surface area contributed by atoms with Crippen LogP contribution in [0.4, 0.5) is 8.78 Å². The van der Waals surface area contributed by atoms with Crippen molar-refractivity contribution in [3.63, 3.8) is 0 Å². The molecule has 66 valence electrons.